The predicted molar refractivity (Wildman–Crippen MR) is 125 cm³/mol. The van der Waals surface area contributed by atoms with Crippen LogP contribution in [0, 0.1) is 11.8 Å². The van der Waals surface area contributed by atoms with Gasteiger partial charge in [0, 0.05) is 25.0 Å². The van der Waals surface area contributed by atoms with Crippen LogP contribution in [-0.2, 0) is 4.79 Å². The van der Waals surface area contributed by atoms with Gasteiger partial charge in [-0.25, -0.2) is 0 Å². The van der Waals surface area contributed by atoms with Gasteiger partial charge in [0.2, 0.25) is 5.91 Å². The summed E-state index contributed by atoms with van der Waals surface area (Å²) in [4.78, 5) is 15.2. The number of unbranched alkanes of at least 4 members (excludes halogenated alkanes) is 1. The van der Waals surface area contributed by atoms with Crippen LogP contribution in [0.3, 0.4) is 0 Å². The fraction of sp³-hybridized carbons (Fsp3) is 0.731. The number of methoxy groups -OCH3 is 1. The van der Waals surface area contributed by atoms with E-state index in [-0.39, 0.29) is 17.9 Å². The smallest absolute Gasteiger partial charge is 0.234 e. The number of hydrogen-bond donors (Lipinski definition) is 2. The Morgan fingerprint density at radius 2 is 2.03 bits per heavy atom. The second kappa shape index (κ2) is 11.3. The van der Waals surface area contributed by atoms with Gasteiger partial charge in [0.05, 0.1) is 19.3 Å². The standard InChI is InChI=1S/C26H42N2O3/c1-4-6-9-20(5-2)18-27-24(29)19-28-17-16-26(30)15-8-7-10-23(26)25(28)21-11-13-22(31-3)14-12-21/h11-14,20,23,25,30H,4-10,15-19H2,1-3H3,(H,27,29)/t20-,23-,25+,26-/m1/s1. The summed E-state index contributed by atoms with van der Waals surface area (Å²) in [5, 5.41) is 14.6. The number of aliphatic hydroxyl groups is 1. The van der Waals surface area contributed by atoms with Crippen LogP contribution >= 0.6 is 0 Å². The lowest BCUT2D eigenvalue weighted by atomic mass is 9.66. The maximum absolute atomic E-state index is 12.9. The number of rotatable bonds is 10. The molecule has 1 aliphatic carbocycles. The van der Waals surface area contributed by atoms with Crippen LogP contribution in [0.15, 0.2) is 24.3 Å². The minimum Gasteiger partial charge on any atom is -0.497 e. The fourth-order valence-corrected chi connectivity index (χ4v) is 5.61. The molecule has 1 saturated carbocycles. The van der Waals surface area contributed by atoms with Gasteiger partial charge in [-0.2, -0.15) is 0 Å². The van der Waals surface area contributed by atoms with Crippen molar-refractivity contribution >= 4 is 5.91 Å². The molecule has 1 amide bonds. The topological polar surface area (TPSA) is 61.8 Å². The lowest BCUT2D eigenvalue weighted by molar-refractivity contribution is -0.138. The molecule has 2 N–H and O–H groups in total. The third-order valence-corrected chi connectivity index (χ3v) is 7.61. The lowest BCUT2D eigenvalue weighted by Gasteiger charge is -2.52. The van der Waals surface area contributed by atoms with Gasteiger partial charge < -0.3 is 15.2 Å². The van der Waals surface area contributed by atoms with Crippen molar-refractivity contribution in [1.29, 1.82) is 0 Å². The first-order valence-electron chi connectivity index (χ1n) is 12.4. The van der Waals surface area contributed by atoms with Crippen molar-refractivity contribution in [3.63, 3.8) is 0 Å². The number of likely N-dealkylation sites (tertiary alicyclic amines) is 1. The highest BCUT2D eigenvalue weighted by molar-refractivity contribution is 5.78. The van der Waals surface area contributed by atoms with E-state index in [1.165, 1.54) is 24.8 Å². The SMILES string of the molecule is CCCC[C@@H](CC)CNC(=O)CN1CC[C@]2(O)CCCC[C@@H]2[C@@H]1c1ccc(OC)cc1. The summed E-state index contributed by atoms with van der Waals surface area (Å²) in [6.07, 6.45) is 9.60. The molecule has 1 aliphatic heterocycles. The molecule has 4 atom stereocenters. The Bertz CT molecular complexity index is 692. The van der Waals surface area contributed by atoms with E-state index in [4.69, 9.17) is 4.74 Å². The van der Waals surface area contributed by atoms with E-state index in [2.05, 4.69) is 36.2 Å². The number of amides is 1. The van der Waals surface area contributed by atoms with Crippen LogP contribution in [-0.4, -0.2) is 48.3 Å². The summed E-state index contributed by atoms with van der Waals surface area (Å²) < 4.78 is 5.34. The molecule has 2 aliphatic rings. The maximum atomic E-state index is 12.9. The molecule has 5 heteroatoms. The van der Waals surface area contributed by atoms with E-state index in [0.29, 0.717) is 12.5 Å². The number of carbonyl (C=O) groups excluding carboxylic acids is 1. The molecule has 0 bridgehead atoms. The normalized spacial score (nSPS) is 27.4. The maximum Gasteiger partial charge on any atom is 0.234 e. The molecule has 1 saturated heterocycles. The largest absolute Gasteiger partial charge is 0.497 e. The van der Waals surface area contributed by atoms with Gasteiger partial charge in [-0.3, -0.25) is 9.69 Å². The Hall–Kier alpha value is -1.59. The fourth-order valence-electron chi connectivity index (χ4n) is 5.61. The van der Waals surface area contributed by atoms with Crippen molar-refractivity contribution < 1.29 is 14.6 Å². The summed E-state index contributed by atoms with van der Waals surface area (Å²) in [6, 6.07) is 8.25. The number of carbonyl (C=O) groups is 1. The number of nitrogens with one attached hydrogen (secondary N) is 1. The second-order valence-electron chi connectivity index (χ2n) is 9.61. The Labute approximate surface area is 188 Å². The molecule has 1 heterocycles. The zero-order valence-electron chi connectivity index (χ0n) is 19.7. The highest BCUT2D eigenvalue weighted by atomic mass is 16.5. The van der Waals surface area contributed by atoms with Crippen LogP contribution in [0.5, 0.6) is 5.75 Å². The number of hydrogen-bond acceptors (Lipinski definition) is 4. The number of nitrogens with zero attached hydrogens (tertiary/aromatic N) is 1. The Kier molecular flexibility index (Phi) is 8.79. The van der Waals surface area contributed by atoms with E-state index in [1.54, 1.807) is 7.11 Å². The molecule has 1 aromatic rings. The minimum atomic E-state index is -0.608. The monoisotopic (exact) mass is 430 g/mol. The minimum absolute atomic E-state index is 0.0674. The van der Waals surface area contributed by atoms with Crippen LogP contribution in [0.1, 0.15) is 83.2 Å². The second-order valence-corrected chi connectivity index (χ2v) is 9.61. The quantitative estimate of drug-likeness (QED) is 0.565. The molecule has 0 aromatic heterocycles. The van der Waals surface area contributed by atoms with Crippen molar-refractivity contribution in [3.05, 3.63) is 29.8 Å². The summed E-state index contributed by atoms with van der Waals surface area (Å²) in [5.41, 5.74) is 0.566. The summed E-state index contributed by atoms with van der Waals surface area (Å²) in [7, 11) is 1.68. The highest BCUT2D eigenvalue weighted by Crippen LogP contribution is 2.49. The first kappa shape index (κ1) is 24.1. The Morgan fingerprint density at radius 1 is 1.26 bits per heavy atom. The predicted octanol–water partition coefficient (Wildman–Crippen LogP) is 4.70. The zero-order valence-corrected chi connectivity index (χ0v) is 19.7. The van der Waals surface area contributed by atoms with Gasteiger partial charge in [-0.05, 0) is 49.3 Å². The molecular formula is C26H42N2O3. The van der Waals surface area contributed by atoms with Crippen LogP contribution < -0.4 is 10.1 Å². The first-order chi connectivity index (χ1) is 15.0. The van der Waals surface area contributed by atoms with Crippen LogP contribution in [0.25, 0.3) is 0 Å². The average molecular weight is 431 g/mol. The van der Waals surface area contributed by atoms with E-state index in [1.807, 2.05) is 12.1 Å². The van der Waals surface area contributed by atoms with Gasteiger partial charge in [0.25, 0.3) is 0 Å². The molecule has 174 valence electrons. The summed E-state index contributed by atoms with van der Waals surface area (Å²) >= 11 is 0. The highest BCUT2D eigenvalue weighted by Gasteiger charge is 2.49. The number of piperidine rings is 1. The van der Waals surface area contributed by atoms with Gasteiger partial charge in [0.15, 0.2) is 0 Å². The number of ether oxygens (including phenoxy) is 1. The van der Waals surface area contributed by atoms with Crippen molar-refractivity contribution in [2.45, 2.75) is 83.3 Å². The molecule has 5 nitrogen and oxygen atoms in total. The third-order valence-electron chi connectivity index (χ3n) is 7.61. The van der Waals surface area contributed by atoms with Crippen molar-refractivity contribution in [3.8, 4) is 5.75 Å². The molecule has 0 spiro atoms. The van der Waals surface area contributed by atoms with Crippen molar-refractivity contribution in [1.82, 2.24) is 10.2 Å². The van der Waals surface area contributed by atoms with Gasteiger partial charge in [-0.1, -0.05) is 58.1 Å². The number of fused-ring (bicyclic) bond motifs is 1. The Morgan fingerprint density at radius 3 is 2.71 bits per heavy atom. The summed E-state index contributed by atoms with van der Waals surface area (Å²) in [5.74, 6) is 1.67. The average Bonchev–Trinajstić information content (AvgIpc) is 2.79. The van der Waals surface area contributed by atoms with Crippen molar-refractivity contribution in [2.24, 2.45) is 11.8 Å². The third kappa shape index (κ3) is 6.01. The molecule has 1 aromatic carbocycles. The molecule has 3 rings (SSSR count). The van der Waals surface area contributed by atoms with E-state index in [9.17, 15) is 9.90 Å². The first-order valence-corrected chi connectivity index (χ1v) is 12.4. The summed E-state index contributed by atoms with van der Waals surface area (Å²) in [6.45, 7) is 6.34. The molecule has 0 unspecified atom stereocenters. The lowest BCUT2D eigenvalue weighted by Crippen LogP contribution is -2.56. The number of benzene rings is 1. The molecule has 0 radical (unpaired) electrons. The van der Waals surface area contributed by atoms with E-state index in [0.717, 1.165) is 57.4 Å². The van der Waals surface area contributed by atoms with Crippen LogP contribution in [0.2, 0.25) is 0 Å². The zero-order chi connectivity index (χ0) is 22.3. The van der Waals surface area contributed by atoms with E-state index < -0.39 is 5.60 Å². The molecule has 2 fully saturated rings. The van der Waals surface area contributed by atoms with E-state index >= 15 is 0 Å². The molecule has 31 heavy (non-hydrogen) atoms. The Balaban J connectivity index is 1.71. The van der Waals surface area contributed by atoms with Crippen LogP contribution in [0.4, 0.5) is 0 Å². The van der Waals surface area contributed by atoms with Crippen molar-refractivity contribution in [2.75, 3.05) is 26.7 Å². The van der Waals surface area contributed by atoms with Gasteiger partial charge >= 0.3 is 0 Å². The van der Waals surface area contributed by atoms with Gasteiger partial charge in [0.1, 0.15) is 5.75 Å². The molecular weight excluding hydrogens is 388 g/mol. The van der Waals surface area contributed by atoms with Gasteiger partial charge in [-0.15, -0.1) is 0 Å².